The highest BCUT2D eigenvalue weighted by atomic mass is 16.5. The third kappa shape index (κ3) is 3.72. The Morgan fingerprint density at radius 3 is 2.55 bits per heavy atom. The fraction of sp³-hybridized carbons (Fsp3) is 0.167. The van der Waals surface area contributed by atoms with Crippen molar-refractivity contribution in [1.82, 2.24) is 4.98 Å². The van der Waals surface area contributed by atoms with Gasteiger partial charge >= 0.3 is 0 Å². The van der Waals surface area contributed by atoms with E-state index < -0.39 is 0 Å². The second-order valence-electron chi connectivity index (χ2n) is 7.16. The molecule has 0 bridgehead atoms. The second-order valence-corrected chi connectivity index (χ2v) is 7.16. The van der Waals surface area contributed by atoms with Gasteiger partial charge in [-0.3, -0.25) is 4.79 Å². The van der Waals surface area contributed by atoms with E-state index in [1.54, 1.807) is 19.2 Å². The number of methoxy groups -OCH3 is 1. The van der Waals surface area contributed by atoms with Gasteiger partial charge in [-0.05, 0) is 74.4 Å². The lowest BCUT2D eigenvalue weighted by molar-refractivity contribution is 0.102. The minimum Gasteiger partial charge on any atom is -0.495 e. The number of aromatic nitrogens is 1. The van der Waals surface area contributed by atoms with Crippen LogP contribution in [-0.2, 0) is 0 Å². The van der Waals surface area contributed by atoms with Crippen molar-refractivity contribution >= 4 is 22.7 Å². The summed E-state index contributed by atoms with van der Waals surface area (Å²) in [5.74, 6) is 0.865. The summed E-state index contributed by atoms with van der Waals surface area (Å²) in [5, 5.41) is 2.93. The largest absolute Gasteiger partial charge is 0.495 e. The van der Waals surface area contributed by atoms with Crippen LogP contribution in [0.3, 0.4) is 0 Å². The van der Waals surface area contributed by atoms with Gasteiger partial charge < -0.3 is 14.5 Å². The van der Waals surface area contributed by atoms with E-state index in [2.05, 4.69) is 17.2 Å². The lowest BCUT2D eigenvalue weighted by Crippen LogP contribution is -2.12. The van der Waals surface area contributed by atoms with Gasteiger partial charge in [0.05, 0.1) is 12.8 Å². The zero-order chi connectivity index (χ0) is 20.5. The van der Waals surface area contributed by atoms with Crippen molar-refractivity contribution in [3.63, 3.8) is 0 Å². The van der Waals surface area contributed by atoms with Crippen LogP contribution in [0.15, 0.2) is 59.0 Å². The number of benzene rings is 3. The Morgan fingerprint density at radius 2 is 1.79 bits per heavy atom. The van der Waals surface area contributed by atoms with Crippen molar-refractivity contribution in [2.75, 3.05) is 12.4 Å². The van der Waals surface area contributed by atoms with E-state index in [0.717, 1.165) is 33.4 Å². The molecular weight excluding hydrogens is 364 g/mol. The number of oxazole rings is 1. The molecule has 0 spiro atoms. The van der Waals surface area contributed by atoms with E-state index in [-0.39, 0.29) is 5.91 Å². The molecule has 146 valence electrons. The number of aryl methyl sites for hydroxylation is 3. The number of amides is 1. The molecule has 5 heteroatoms. The lowest BCUT2D eigenvalue weighted by Gasteiger charge is -2.11. The van der Waals surface area contributed by atoms with Gasteiger partial charge in [0.15, 0.2) is 5.58 Å². The number of fused-ring (bicyclic) bond motifs is 1. The highest BCUT2D eigenvalue weighted by molar-refractivity contribution is 6.05. The molecule has 1 aromatic heterocycles. The minimum atomic E-state index is -0.201. The Kier molecular flexibility index (Phi) is 4.80. The SMILES string of the molecule is COc1ccc(-c2nc3cc(C)c(C)cc3o2)cc1NC(=O)c1cccc(C)c1. The van der Waals surface area contributed by atoms with Crippen LogP contribution in [0.25, 0.3) is 22.6 Å². The van der Waals surface area contributed by atoms with Crippen LogP contribution in [0.4, 0.5) is 5.69 Å². The zero-order valence-electron chi connectivity index (χ0n) is 16.9. The standard InChI is InChI=1S/C24H22N2O3/c1-14-6-5-7-17(10-14)23(27)25-20-13-18(8-9-21(20)28-4)24-26-19-11-15(2)16(3)12-22(19)29-24/h5-13H,1-4H3,(H,25,27). The predicted molar refractivity (Wildman–Crippen MR) is 115 cm³/mol. The van der Waals surface area contributed by atoms with E-state index in [4.69, 9.17) is 9.15 Å². The molecule has 1 heterocycles. The van der Waals surface area contributed by atoms with Crippen molar-refractivity contribution in [3.8, 4) is 17.2 Å². The first-order valence-corrected chi connectivity index (χ1v) is 9.39. The molecule has 0 aliphatic heterocycles. The third-order valence-electron chi connectivity index (χ3n) is 4.98. The molecule has 0 aliphatic carbocycles. The van der Waals surface area contributed by atoms with E-state index in [1.165, 1.54) is 0 Å². The van der Waals surface area contributed by atoms with E-state index >= 15 is 0 Å². The van der Waals surface area contributed by atoms with Crippen molar-refractivity contribution in [1.29, 1.82) is 0 Å². The molecule has 0 saturated heterocycles. The summed E-state index contributed by atoms with van der Waals surface area (Å²) in [6, 6.07) is 16.9. The summed E-state index contributed by atoms with van der Waals surface area (Å²) < 4.78 is 11.4. The minimum absolute atomic E-state index is 0.201. The molecule has 1 N–H and O–H groups in total. The first kappa shape index (κ1) is 18.7. The van der Waals surface area contributed by atoms with Crippen LogP contribution in [0.2, 0.25) is 0 Å². The average Bonchev–Trinajstić information content (AvgIpc) is 3.11. The second kappa shape index (κ2) is 7.43. The van der Waals surface area contributed by atoms with Gasteiger partial charge in [-0.15, -0.1) is 0 Å². The van der Waals surface area contributed by atoms with Crippen LogP contribution in [0, 0.1) is 20.8 Å². The van der Waals surface area contributed by atoms with Gasteiger partial charge in [-0.2, -0.15) is 0 Å². The first-order valence-electron chi connectivity index (χ1n) is 9.39. The normalized spacial score (nSPS) is 10.9. The Bertz CT molecular complexity index is 1190. The quantitative estimate of drug-likeness (QED) is 0.490. The summed E-state index contributed by atoms with van der Waals surface area (Å²) in [4.78, 5) is 17.3. The molecule has 3 aromatic carbocycles. The van der Waals surface area contributed by atoms with Crippen LogP contribution < -0.4 is 10.1 Å². The molecule has 0 unspecified atom stereocenters. The molecule has 4 rings (SSSR count). The average molecular weight is 386 g/mol. The number of nitrogens with zero attached hydrogens (tertiary/aromatic N) is 1. The fourth-order valence-electron chi connectivity index (χ4n) is 3.22. The maximum atomic E-state index is 12.7. The highest BCUT2D eigenvalue weighted by Gasteiger charge is 2.15. The predicted octanol–water partition coefficient (Wildman–Crippen LogP) is 5.68. The number of ether oxygens (including phenoxy) is 1. The summed E-state index contributed by atoms with van der Waals surface area (Å²) in [6.45, 7) is 6.05. The van der Waals surface area contributed by atoms with E-state index in [0.29, 0.717) is 22.9 Å². The summed E-state index contributed by atoms with van der Waals surface area (Å²) >= 11 is 0. The molecule has 29 heavy (non-hydrogen) atoms. The van der Waals surface area contributed by atoms with Gasteiger partial charge in [0.1, 0.15) is 11.3 Å². The van der Waals surface area contributed by atoms with Gasteiger partial charge in [0.2, 0.25) is 5.89 Å². The molecule has 0 atom stereocenters. The van der Waals surface area contributed by atoms with Crippen molar-refractivity contribution in [2.45, 2.75) is 20.8 Å². The zero-order valence-corrected chi connectivity index (χ0v) is 16.9. The molecule has 0 aliphatic rings. The van der Waals surface area contributed by atoms with Crippen molar-refractivity contribution < 1.29 is 13.9 Å². The summed E-state index contributed by atoms with van der Waals surface area (Å²) in [7, 11) is 1.57. The molecule has 1 amide bonds. The topological polar surface area (TPSA) is 64.4 Å². The van der Waals surface area contributed by atoms with Crippen LogP contribution in [0.5, 0.6) is 5.75 Å². The first-order chi connectivity index (χ1) is 13.9. The van der Waals surface area contributed by atoms with Gasteiger partial charge in [-0.25, -0.2) is 4.98 Å². The Labute approximate surface area is 169 Å². The highest BCUT2D eigenvalue weighted by Crippen LogP contribution is 2.32. The van der Waals surface area contributed by atoms with Crippen molar-refractivity contribution in [3.05, 3.63) is 76.9 Å². The van der Waals surface area contributed by atoms with Crippen LogP contribution in [-0.4, -0.2) is 18.0 Å². The monoisotopic (exact) mass is 386 g/mol. The van der Waals surface area contributed by atoms with E-state index in [9.17, 15) is 4.79 Å². The lowest BCUT2D eigenvalue weighted by atomic mass is 10.1. The van der Waals surface area contributed by atoms with E-state index in [1.807, 2.05) is 56.3 Å². The van der Waals surface area contributed by atoms with Gasteiger partial charge in [-0.1, -0.05) is 17.7 Å². The smallest absolute Gasteiger partial charge is 0.255 e. The number of hydrogen-bond donors (Lipinski definition) is 1. The molecule has 4 aromatic rings. The number of carbonyl (C=O) groups is 1. The van der Waals surface area contributed by atoms with Crippen molar-refractivity contribution in [2.24, 2.45) is 0 Å². The van der Waals surface area contributed by atoms with Gasteiger partial charge in [0.25, 0.3) is 5.91 Å². The maximum Gasteiger partial charge on any atom is 0.255 e. The summed E-state index contributed by atoms with van der Waals surface area (Å²) in [5.41, 5.74) is 6.80. The Morgan fingerprint density at radius 1 is 1.00 bits per heavy atom. The maximum absolute atomic E-state index is 12.7. The molecule has 0 saturated carbocycles. The van der Waals surface area contributed by atoms with Crippen LogP contribution in [0.1, 0.15) is 27.0 Å². The molecule has 5 nitrogen and oxygen atoms in total. The fourth-order valence-corrected chi connectivity index (χ4v) is 3.22. The number of hydrogen-bond acceptors (Lipinski definition) is 4. The number of carbonyl (C=O) groups excluding carboxylic acids is 1. The number of anilines is 1. The number of rotatable bonds is 4. The molecule has 0 radical (unpaired) electrons. The van der Waals surface area contributed by atoms with Crippen LogP contribution >= 0.6 is 0 Å². The third-order valence-corrected chi connectivity index (χ3v) is 4.98. The molecule has 0 fully saturated rings. The summed E-state index contributed by atoms with van der Waals surface area (Å²) in [6.07, 6.45) is 0. The Balaban J connectivity index is 1.71. The number of nitrogens with one attached hydrogen (secondary N) is 1. The Hall–Kier alpha value is -3.60. The molecular formula is C24H22N2O3. The van der Waals surface area contributed by atoms with Gasteiger partial charge in [0, 0.05) is 11.1 Å².